The van der Waals surface area contributed by atoms with Crippen LogP contribution >= 0.6 is 0 Å². The molecule has 78 valence electrons. The second-order valence-electron chi connectivity index (χ2n) is 3.98. The lowest BCUT2D eigenvalue weighted by Gasteiger charge is -2.15. The molecule has 0 aliphatic rings. The first kappa shape index (κ1) is 12.4. The maximum Gasteiger partial charge on any atom is 0.303 e. The van der Waals surface area contributed by atoms with Gasteiger partial charge in [0.25, 0.3) is 0 Å². The van der Waals surface area contributed by atoms with Crippen LogP contribution in [0.25, 0.3) is 0 Å². The highest BCUT2D eigenvalue weighted by atomic mass is 16.4. The van der Waals surface area contributed by atoms with E-state index in [-0.39, 0.29) is 6.42 Å². The van der Waals surface area contributed by atoms with Gasteiger partial charge in [0.15, 0.2) is 0 Å². The molecule has 13 heavy (non-hydrogen) atoms. The third-order valence-corrected chi connectivity index (χ3v) is 1.89. The van der Waals surface area contributed by atoms with Gasteiger partial charge in [-0.1, -0.05) is 13.8 Å². The van der Waals surface area contributed by atoms with Gasteiger partial charge in [-0.15, -0.1) is 0 Å². The number of hydrogen-bond donors (Lipinski definition) is 2. The fourth-order valence-electron chi connectivity index (χ4n) is 1.38. The van der Waals surface area contributed by atoms with E-state index in [1.54, 1.807) is 0 Å². The fraction of sp³-hybridized carbons (Fsp3) is 0.900. The Morgan fingerprint density at radius 3 is 2.46 bits per heavy atom. The van der Waals surface area contributed by atoms with E-state index in [9.17, 15) is 4.79 Å². The Hall–Kier alpha value is -0.570. The van der Waals surface area contributed by atoms with Gasteiger partial charge in [-0.25, -0.2) is 0 Å². The molecule has 1 unspecified atom stereocenters. The Bertz CT molecular complexity index is 146. The van der Waals surface area contributed by atoms with Crippen LogP contribution in [-0.2, 0) is 4.79 Å². The molecular formula is C10H21NO2. The monoisotopic (exact) mass is 187 g/mol. The highest BCUT2D eigenvalue weighted by Gasteiger charge is 2.03. The lowest BCUT2D eigenvalue weighted by Crippen LogP contribution is -2.28. The predicted octanol–water partition coefficient (Wildman–Crippen LogP) is 1.88. The number of carboxylic acids is 1. The molecule has 3 heteroatoms. The normalized spacial score (nSPS) is 13.2. The molecule has 0 heterocycles. The maximum absolute atomic E-state index is 10.2. The SMILES string of the molecule is CC(C)CC(C)NCCCC(=O)O. The van der Waals surface area contributed by atoms with Gasteiger partial charge >= 0.3 is 5.97 Å². The molecule has 0 saturated carbocycles. The van der Waals surface area contributed by atoms with Crippen molar-refractivity contribution in [2.45, 2.75) is 46.1 Å². The minimum atomic E-state index is -0.710. The second kappa shape index (κ2) is 6.89. The van der Waals surface area contributed by atoms with Gasteiger partial charge in [-0.05, 0) is 32.2 Å². The third kappa shape index (κ3) is 9.34. The number of aliphatic carboxylic acids is 1. The number of nitrogens with one attached hydrogen (secondary N) is 1. The van der Waals surface area contributed by atoms with Gasteiger partial charge in [-0.2, -0.15) is 0 Å². The summed E-state index contributed by atoms with van der Waals surface area (Å²) < 4.78 is 0. The molecule has 0 aromatic rings. The van der Waals surface area contributed by atoms with Crippen molar-refractivity contribution in [2.75, 3.05) is 6.54 Å². The standard InChI is InChI=1S/C10H21NO2/c1-8(2)7-9(3)11-6-4-5-10(12)13/h8-9,11H,4-7H2,1-3H3,(H,12,13). The number of hydrogen-bond acceptors (Lipinski definition) is 2. The van der Waals surface area contributed by atoms with E-state index in [4.69, 9.17) is 5.11 Å². The van der Waals surface area contributed by atoms with E-state index in [0.717, 1.165) is 19.4 Å². The molecule has 0 fully saturated rings. The molecule has 0 radical (unpaired) electrons. The minimum Gasteiger partial charge on any atom is -0.481 e. The summed E-state index contributed by atoms with van der Waals surface area (Å²) in [7, 11) is 0. The molecule has 0 aliphatic heterocycles. The van der Waals surface area contributed by atoms with Crippen LogP contribution in [0.5, 0.6) is 0 Å². The van der Waals surface area contributed by atoms with E-state index < -0.39 is 5.97 Å². The van der Waals surface area contributed by atoms with Crippen molar-refractivity contribution >= 4 is 5.97 Å². The summed E-state index contributed by atoms with van der Waals surface area (Å²) in [6.07, 6.45) is 2.13. The van der Waals surface area contributed by atoms with E-state index in [1.165, 1.54) is 0 Å². The first-order valence-corrected chi connectivity index (χ1v) is 4.97. The van der Waals surface area contributed by atoms with Gasteiger partial charge in [0, 0.05) is 12.5 Å². The number of rotatable bonds is 7. The number of carbonyl (C=O) groups is 1. The highest BCUT2D eigenvalue weighted by molar-refractivity contribution is 5.66. The molecule has 0 bridgehead atoms. The van der Waals surface area contributed by atoms with Crippen LogP contribution in [0.4, 0.5) is 0 Å². The van der Waals surface area contributed by atoms with Crippen LogP contribution in [0.2, 0.25) is 0 Å². The van der Waals surface area contributed by atoms with Crippen molar-refractivity contribution in [3.05, 3.63) is 0 Å². The molecule has 0 rings (SSSR count). The van der Waals surface area contributed by atoms with Gasteiger partial charge in [0.05, 0.1) is 0 Å². The molecule has 0 aromatic heterocycles. The summed E-state index contributed by atoms with van der Waals surface area (Å²) in [6, 6.07) is 0.494. The van der Waals surface area contributed by atoms with E-state index in [2.05, 4.69) is 26.1 Å². The molecule has 0 aromatic carbocycles. The van der Waals surface area contributed by atoms with Gasteiger partial charge < -0.3 is 10.4 Å². The fourth-order valence-corrected chi connectivity index (χ4v) is 1.38. The average molecular weight is 187 g/mol. The summed E-state index contributed by atoms with van der Waals surface area (Å²) in [4.78, 5) is 10.2. The minimum absolute atomic E-state index is 0.265. The Balaban J connectivity index is 3.26. The molecule has 1 atom stereocenters. The van der Waals surface area contributed by atoms with Crippen LogP contribution in [-0.4, -0.2) is 23.7 Å². The highest BCUT2D eigenvalue weighted by Crippen LogP contribution is 2.03. The van der Waals surface area contributed by atoms with Crippen molar-refractivity contribution in [1.29, 1.82) is 0 Å². The largest absolute Gasteiger partial charge is 0.481 e. The summed E-state index contributed by atoms with van der Waals surface area (Å²) in [5.41, 5.74) is 0. The zero-order chi connectivity index (χ0) is 10.3. The first-order chi connectivity index (χ1) is 6.02. The van der Waals surface area contributed by atoms with Crippen molar-refractivity contribution in [3.8, 4) is 0 Å². The van der Waals surface area contributed by atoms with Crippen LogP contribution in [0.1, 0.15) is 40.0 Å². The second-order valence-corrected chi connectivity index (χ2v) is 3.98. The van der Waals surface area contributed by atoms with E-state index in [0.29, 0.717) is 12.0 Å². The molecule has 0 aliphatic carbocycles. The van der Waals surface area contributed by atoms with Crippen LogP contribution in [0, 0.1) is 5.92 Å². The summed E-state index contributed by atoms with van der Waals surface area (Å²) in [5, 5.41) is 11.7. The van der Waals surface area contributed by atoms with Crippen molar-refractivity contribution in [3.63, 3.8) is 0 Å². The van der Waals surface area contributed by atoms with Crippen molar-refractivity contribution in [1.82, 2.24) is 5.32 Å². The van der Waals surface area contributed by atoms with Crippen molar-refractivity contribution in [2.24, 2.45) is 5.92 Å². The van der Waals surface area contributed by atoms with Gasteiger partial charge in [-0.3, -0.25) is 4.79 Å². The predicted molar refractivity (Wildman–Crippen MR) is 53.8 cm³/mol. The van der Waals surface area contributed by atoms with Crippen LogP contribution in [0.3, 0.4) is 0 Å². The van der Waals surface area contributed by atoms with Gasteiger partial charge in [0.2, 0.25) is 0 Å². The lowest BCUT2D eigenvalue weighted by atomic mass is 10.1. The molecule has 3 nitrogen and oxygen atoms in total. The van der Waals surface area contributed by atoms with E-state index >= 15 is 0 Å². The Kier molecular flexibility index (Phi) is 6.59. The van der Waals surface area contributed by atoms with Crippen LogP contribution in [0.15, 0.2) is 0 Å². The first-order valence-electron chi connectivity index (χ1n) is 4.97. The quantitative estimate of drug-likeness (QED) is 0.598. The molecule has 2 N–H and O–H groups in total. The number of carboxylic acid groups (broad SMARTS) is 1. The zero-order valence-electron chi connectivity index (χ0n) is 8.84. The molecular weight excluding hydrogens is 166 g/mol. The van der Waals surface area contributed by atoms with Gasteiger partial charge in [0.1, 0.15) is 0 Å². The summed E-state index contributed by atoms with van der Waals surface area (Å²) >= 11 is 0. The Morgan fingerprint density at radius 1 is 1.38 bits per heavy atom. The topological polar surface area (TPSA) is 49.3 Å². The zero-order valence-corrected chi connectivity index (χ0v) is 8.84. The Morgan fingerprint density at radius 2 is 2.00 bits per heavy atom. The Labute approximate surface area is 80.5 Å². The smallest absolute Gasteiger partial charge is 0.303 e. The molecule has 0 spiro atoms. The van der Waals surface area contributed by atoms with E-state index in [1.807, 2.05) is 0 Å². The summed E-state index contributed by atoms with van der Waals surface area (Å²) in [6.45, 7) is 7.33. The van der Waals surface area contributed by atoms with Crippen LogP contribution < -0.4 is 5.32 Å². The van der Waals surface area contributed by atoms with Crippen molar-refractivity contribution < 1.29 is 9.90 Å². The summed E-state index contributed by atoms with van der Waals surface area (Å²) in [5.74, 6) is -0.0136. The molecule has 0 amide bonds. The third-order valence-electron chi connectivity index (χ3n) is 1.89. The average Bonchev–Trinajstić information content (AvgIpc) is 1.96. The molecule has 0 saturated heterocycles. The lowest BCUT2D eigenvalue weighted by molar-refractivity contribution is -0.137. The maximum atomic E-state index is 10.2.